The predicted molar refractivity (Wildman–Crippen MR) is 75.9 cm³/mol. The standard InChI is InChI=1S/C14H19NOS/c1-11(2)6-5-9-15-13-8-7-12(17-4)10-14(13)16-3/h7-8,10-11,15H,9H2,1-4H3. The molecule has 0 aromatic heterocycles. The van der Waals surface area contributed by atoms with Crippen molar-refractivity contribution in [1.29, 1.82) is 0 Å². The minimum atomic E-state index is 0.414. The molecule has 0 radical (unpaired) electrons. The van der Waals surface area contributed by atoms with Crippen molar-refractivity contribution < 1.29 is 4.74 Å². The minimum absolute atomic E-state index is 0.414. The maximum absolute atomic E-state index is 5.34. The van der Waals surface area contributed by atoms with Gasteiger partial charge in [-0.05, 0) is 24.5 Å². The summed E-state index contributed by atoms with van der Waals surface area (Å²) in [6.45, 7) is 4.81. The number of hydrogen-bond acceptors (Lipinski definition) is 3. The lowest BCUT2D eigenvalue weighted by Gasteiger charge is -2.10. The highest BCUT2D eigenvalue weighted by Crippen LogP contribution is 2.28. The van der Waals surface area contributed by atoms with E-state index < -0.39 is 0 Å². The smallest absolute Gasteiger partial charge is 0.143 e. The SMILES string of the molecule is COc1cc(SC)ccc1NCC#CC(C)C. The van der Waals surface area contributed by atoms with Gasteiger partial charge >= 0.3 is 0 Å². The lowest BCUT2D eigenvalue weighted by Crippen LogP contribution is -2.01. The van der Waals surface area contributed by atoms with Crippen molar-refractivity contribution in [3.8, 4) is 17.6 Å². The summed E-state index contributed by atoms with van der Waals surface area (Å²) in [4.78, 5) is 1.20. The summed E-state index contributed by atoms with van der Waals surface area (Å²) >= 11 is 1.70. The third-order valence-corrected chi connectivity index (χ3v) is 2.89. The van der Waals surface area contributed by atoms with Gasteiger partial charge in [0.2, 0.25) is 0 Å². The number of benzene rings is 1. The van der Waals surface area contributed by atoms with E-state index in [2.05, 4.69) is 43.3 Å². The molecule has 2 nitrogen and oxygen atoms in total. The van der Waals surface area contributed by atoms with Crippen LogP contribution in [0.5, 0.6) is 5.75 Å². The first-order valence-electron chi connectivity index (χ1n) is 5.61. The molecule has 0 saturated carbocycles. The van der Waals surface area contributed by atoms with Crippen molar-refractivity contribution >= 4 is 17.4 Å². The third kappa shape index (κ3) is 4.62. The van der Waals surface area contributed by atoms with E-state index in [4.69, 9.17) is 4.74 Å². The number of nitrogens with one attached hydrogen (secondary N) is 1. The highest BCUT2D eigenvalue weighted by Gasteiger charge is 2.02. The Morgan fingerprint density at radius 1 is 1.41 bits per heavy atom. The van der Waals surface area contributed by atoms with Crippen LogP contribution in [0.2, 0.25) is 0 Å². The topological polar surface area (TPSA) is 21.3 Å². The Morgan fingerprint density at radius 3 is 2.76 bits per heavy atom. The van der Waals surface area contributed by atoms with Crippen molar-refractivity contribution in [2.45, 2.75) is 18.7 Å². The normalized spacial score (nSPS) is 9.71. The first kappa shape index (κ1) is 13.8. The van der Waals surface area contributed by atoms with Crippen LogP contribution >= 0.6 is 11.8 Å². The monoisotopic (exact) mass is 249 g/mol. The molecule has 1 aromatic carbocycles. The Bertz CT molecular complexity index is 418. The molecule has 0 spiro atoms. The summed E-state index contributed by atoms with van der Waals surface area (Å²) in [5.41, 5.74) is 0.989. The molecule has 0 atom stereocenters. The van der Waals surface area contributed by atoms with Gasteiger partial charge in [-0.25, -0.2) is 0 Å². The van der Waals surface area contributed by atoms with Crippen LogP contribution in [0.25, 0.3) is 0 Å². The van der Waals surface area contributed by atoms with Gasteiger partial charge in [-0.3, -0.25) is 0 Å². The molecule has 0 aliphatic heterocycles. The van der Waals surface area contributed by atoms with Gasteiger partial charge in [0, 0.05) is 10.8 Å². The maximum atomic E-state index is 5.34. The van der Waals surface area contributed by atoms with Gasteiger partial charge in [-0.2, -0.15) is 0 Å². The quantitative estimate of drug-likeness (QED) is 0.652. The number of thioether (sulfide) groups is 1. The molecule has 92 valence electrons. The Hall–Kier alpha value is -1.27. The number of ether oxygens (including phenoxy) is 1. The molecular formula is C14H19NOS. The summed E-state index contributed by atoms with van der Waals surface area (Å²) in [5, 5.41) is 3.26. The Balaban J connectivity index is 2.68. The van der Waals surface area contributed by atoms with E-state index in [1.165, 1.54) is 4.90 Å². The van der Waals surface area contributed by atoms with E-state index in [9.17, 15) is 0 Å². The molecule has 0 bridgehead atoms. The average molecular weight is 249 g/mol. The zero-order valence-electron chi connectivity index (χ0n) is 10.8. The average Bonchev–Trinajstić information content (AvgIpc) is 2.34. The summed E-state index contributed by atoms with van der Waals surface area (Å²) in [6, 6.07) is 6.13. The fraction of sp³-hybridized carbons (Fsp3) is 0.429. The number of methoxy groups -OCH3 is 1. The first-order chi connectivity index (χ1) is 8.17. The van der Waals surface area contributed by atoms with Gasteiger partial charge in [-0.15, -0.1) is 11.8 Å². The molecule has 3 heteroatoms. The fourth-order valence-corrected chi connectivity index (χ4v) is 1.77. The number of hydrogen-bond donors (Lipinski definition) is 1. The molecule has 17 heavy (non-hydrogen) atoms. The molecule has 0 aliphatic carbocycles. The van der Waals surface area contributed by atoms with Crippen LogP contribution in [-0.2, 0) is 0 Å². The van der Waals surface area contributed by atoms with E-state index in [1.807, 2.05) is 12.1 Å². The van der Waals surface area contributed by atoms with Crippen molar-refractivity contribution in [2.24, 2.45) is 5.92 Å². The van der Waals surface area contributed by atoms with Crippen molar-refractivity contribution in [1.82, 2.24) is 0 Å². The van der Waals surface area contributed by atoms with Crippen LogP contribution in [0.1, 0.15) is 13.8 Å². The van der Waals surface area contributed by atoms with E-state index in [1.54, 1.807) is 18.9 Å². The molecule has 1 aromatic rings. The van der Waals surface area contributed by atoms with Crippen molar-refractivity contribution in [3.05, 3.63) is 18.2 Å². The molecule has 0 aliphatic rings. The molecule has 0 fully saturated rings. The Morgan fingerprint density at radius 2 is 2.18 bits per heavy atom. The van der Waals surface area contributed by atoms with Gasteiger partial charge in [0.15, 0.2) is 0 Å². The van der Waals surface area contributed by atoms with Gasteiger partial charge < -0.3 is 10.1 Å². The zero-order chi connectivity index (χ0) is 12.7. The Kier molecular flexibility index (Phi) is 5.79. The second-order valence-electron chi connectivity index (χ2n) is 3.90. The third-order valence-electron chi connectivity index (χ3n) is 2.17. The molecule has 0 saturated heterocycles. The van der Waals surface area contributed by atoms with Crippen molar-refractivity contribution in [3.63, 3.8) is 0 Å². The van der Waals surface area contributed by atoms with Crippen LogP contribution in [-0.4, -0.2) is 19.9 Å². The summed E-state index contributed by atoms with van der Waals surface area (Å²) < 4.78 is 5.34. The van der Waals surface area contributed by atoms with Crippen LogP contribution in [0.3, 0.4) is 0 Å². The van der Waals surface area contributed by atoms with E-state index >= 15 is 0 Å². The van der Waals surface area contributed by atoms with Crippen LogP contribution in [0.4, 0.5) is 5.69 Å². The second-order valence-corrected chi connectivity index (χ2v) is 4.78. The highest BCUT2D eigenvalue weighted by atomic mass is 32.2. The van der Waals surface area contributed by atoms with Gasteiger partial charge in [0.25, 0.3) is 0 Å². The molecule has 1 rings (SSSR count). The van der Waals surface area contributed by atoms with Gasteiger partial charge in [-0.1, -0.05) is 25.7 Å². The predicted octanol–water partition coefficient (Wildman–Crippen LogP) is 3.49. The van der Waals surface area contributed by atoms with Crippen LogP contribution in [0, 0.1) is 17.8 Å². The summed E-state index contributed by atoms with van der Waals surface area (Å²) in [6.07, 6.45) is 2.05. The van der Waals surface area contributed by atoms with E-state index in [0.717, 1.165) is 11.4 Å². The molecule has 1 N–H and O–H groups in total. The van der Waals surface area contributed by atoms with Gasteiger partial charge in [0.05, 0.1) is 19.3 Å². The zero-order valence-corrected chi connectivity index (χ0v) is 11.6. The van der Waals surface area contributed by atoms with E-state index in [-0.39, 0.29) is 0 Å². The molecule has 0 amide bonds. The van der Waals surface area contributed by atoms with Crippen molar-refractivity contribution in [2.75, 3.05) is 25.2 Å². The van der Waals surface area contributed by atoms with E-state index in [0.29, 0.717) is 12.5 Å². The molecule has 0 unspecified atom stereocenters. The Labute approximate surface area is 108 Å². The first-order valence-corrected chi connectivity index (χ1v) is 6.84. The summed E-state index contributed by atoms with van der Waals surface area (Å²) in [5.74, 6) is 7.49. The van der Waals surface area contributed by atoms with Crippen LogP contribution in [0.15, 0.2) is 23.1 Å². The number of anilines is 1. The fourth-order valence-electron chi connectivity index (χ4n) is 1.34. The largest absolute Gasteiger partial charge is 0.495 e. The highest BCUT2D eigenvalue weighted by molar-refractivity contribution is 7.98. The van der Waals surface area contributed by atoms with Gasteiger partial charge in [0.1, 0.15) is 5.75 Å². The molecule has 0 heterocycles. The number of rotatable bonds is 4. The lowest BCUT2D eigenvalue weighted by atomic mass is 10.2. The minimum Gasteiger partial charge on any atom is -0.495 e. The lowest BCUT2D eigenvalue weighted by molar-refractivity contribution is 0.415. The molecular weight excluding hydrogens is 230 g/mol. The van der Waals surface area contributed by atoms with Crippen LogP contribution < -0.4 is 10.1 Å². The summed E-state index contributed by atoms with van der Waals surface area (Å²) in [7, 11) is 1.68. The second kappa shape index (κ2) is 7.13. The maximum Gasteiger partial charge on any atom is 0.143 e.